The molecule has 2 N–H and O–H groups in total. The van der Waals surface area contributed by atoms with E-state index in [4.69, 9.17) is 5.73 Å². The van der Waals surface area contributed by atoms with Crippen molar-refractivity contribution < 1.29 is 0 Å². The van der Waals surface area contributed by atoms with Crippen molar-refractivity contribution in [2.75, 3.05) is 6.54 Å². The molecule has 0 spiro atoms. The Morgan fingerprint density at radius 2 is 2.00 bits per heavy atom. The lowest BCUT2D eigenvalue weighted by Crippen LogP contribution is -2.33. The van der Waals surface area contributed by atoms with Crippen molar-refractivity contribution in [3.63, 3.8) is 0 Å². The second kappa shape index (κ2) is 3.14. The van der Waals surface area contributed by atoms with E-state index in [-0.39, 0.29) is 0 Å². The molecule has 1 heteroatoms. The van der Waals surface area contributed by atoms with Crippen molar-refractivity contribution >= 4 is 0 Å². The summed E-state index contributed by atoms with van der Waals surface area (Å²) in [5.74, 6) is 1.76. The molecule has 1 fully saturated rings. The van der Waals surface area contributed by atoms with Crippen LogP contribution in [0.1, 0.15) is 40.0 Å². The highest BCUT2D eigenvalue weighted by molar-refractivity contribution is 4.86. The second-order valence-electron chi connectivity index (χ2n) is 4.71. The zero-order valence-corrected chi connectivity index (χ0v) is 8.06. The van der Waals surface area contributed by atoms with E-state index in [2.05, 4.69) is 20.8 Å². The summed E-state index contributed by atoms with van der Waals surface area (Å²) in [5.41, 5.74) is 6.12. The third-order valence-corrected chi connectivity index (χ3v) is 3.39. The van der Waals surface area contributed by atoms with E-state index in [1.807, 2.05) is 0 Å². The molecule has 1 aliphatic carbocycles. The summed E-state index contributed by atoms with van der Waals surface area (Å²) >= 11 is 0. The summed E-state index contributed by atoms with van der Waals surface area (Å²) in [6.45, 7) is 7.82. The standard InChI is InChI=1S/C10H21N/c1-8-5-4-6-9(8)10(2,3)7-11/h8-9H,4-7,11H2,1-3H3/t8-,9+/m0/s1. The van der Waals surface area contributed by atoms with E-state index in [0.29, 0.717) is 5.41 Å². The van der Waals surface area contributed by atoms with Gasteiger partial charge in [0.2, 0.25) is 0 Å². The molecule has 2 atom stereocenters. The Labute approximate surface area is 70.4 Å². The van der Waals surface area contributed by atoms with Gasteiger partial charge in [0, 0.05) is 0 Å². The van der Waals surface area contributed by atoms with Crippen LogP contribution in [0.15, 0.2) is 0 Å². The third kappa shape index (κ3) is 1.76. The molecule has 0 amide bonds. The van der Waals surface area contributed by atoms with E-state index in [1.165, 1.54) is 19.3 Å². The summed E-state index contributed by atoms with van der Waals surface area (Å²) in [6.07, 6.45) is 4.22. The summed E-state index contributed by atoms with van der Waals surface area (Å²) < 4.78 is 0. The minimum atomic E-state index is 0.371. The van der Waals surface area contributed by atoms with Gasteiger partial charge in [-0.2, -0.15) is 0 Å². The number of hydrogen-bond acceptors (Lipinski definition) is 1. The largest absolute Gasteiger partial charge is 0.330 e. The van der Waals surface area contributed by atoms with Gasteiger partial charge in [-0.15, -0.1) is 0 Å². The molecule has 0 radical (unpaired) electrons. The van der Waals surface area contributed by atoms with Gasteiger partial charge in [-0.05, 0) is 30.2 Å². The molecule has 1 aliphatic rings. The van der Waals surface area contributed by atoms with Gasteiger partial charge >= 0.3 is 0 Å². The smallest absolute Gasteiger partial charge is 0.00231 e. The Morgan fingerprint density at radius 3 is 2.36 bits per heavy atom. The average Bonchev–Trinajstić information content (AvgIpc) is 2.36. The topological polar surface area (TPSA) is 26.0 Å². The van der Waals surface area contributed by atoms with Crippen LogP contribution < -0.4 is 5.73 Å². The van der Waals surface area contributed by atoms with Crippen LogP contribution in [-0.2, 0) is 0 Å². The van der Waals surface area contributed by atoms with Crippen LogP contribution in [0.4, 0.5) is 0 Å². The van der Waals surface area contributed by atoms with E-state index in [9.17, 15) is 0 Å². The van der Waals surface area contributed by atoms with Crippen molar-refractivity contribution in [1.29, 1.82) is 0 Å². The van der Waals surface area contributed by atoms with Crippen LogP contribution in [0, 0.1) is 17.3 Å². The minimum Gasteiger partial charge on any atom is -0.330 e. The molecule has 0 bridgehead atoms. The maximum atomic E-state index is 5.75. The highest BCUT2D eigenvalue weighted by atomic mass is 14.6. The zero-order chi connectivity index (χ0) is 8.48. The highest BCUT2D eigenvalue weighted by Crippen LogP contribution is 2.42. The molecular formula is C10H21N. The zero-order valence-electron chi connectivity index (χ0n) is 8.06. The van der Waals surface area contributed by atoms with Crippen molar-refractivity contribution in [2.24, 2.45) is 23.0 Å². The average molecular weight is 155 g/mol. The fourth-order valence-corrected chi connectivity index (χ4v) is 2.46. The first-order valence-electron chi connectivity index (χ1n) is 4.78. The maximum Gasteiger partial charge on any atom is -0.00231 e. The minimum absolute atomic E-state index is 0.371. The Hall–Kier alpha value is -0.0400. The molecule has 1 nitrogen and oxygen atoms in total. The Bertz CT molecular complexity index is 129. The third-order valence-electron chi connectivity index (χ3n) is 3.39. The van der Waals surface area contributed by atoms with Gasteiger partial charge in [-0.25, -0.2) is 0 Å². The first-order valence-corrected chi connectivity index (χ1v) is 4.78. The molecule has 0 unspecified atom stereocenters. The van der Waals surface area contributed by atoms with Gasteiger partial charge in [-0.1, -0.05) is 33.6 Å². The highest BCUT2D eigenvalue weighted by Gasteiger charge is 2.35. The number of nitrogens with two attached hydrogens (primary N) is 1. The molecule has 0 aromatic rings. The fraction of sp³-hybridized carbons (Fsp3) is 1.00. The molecule has 0 aromatic heterocycles. The van der Waals surface area contributed by atoms with E-state index in [0.717, 1.165) is 18.4 Å². The Kier molecular flexibility index (Phi) is 2.58. The first kappa shape index (κ1) is 9.05. The van der Waals surface area contributed by atoms with Crippen molar-refractivity contribution in [2.45, 2.75) is 40.0 Å². The Balaban J connectivity index is 2.58. The van der Waals surface area contributed by atoms with Crippen LogP contribution in [0.25, 0.3) is 0 Å². The van der Waals surface area contributed by atoms with Gasteiger partial charge in [-0.3, -0.25) is 0 Å². The van der Waals surface area contributed by atoms with Crippen LogP contribution in [0.2, 0.25) is 0 Å². The van der Waals surface area contributed by atoms with E-state index >= 15 is 0 Å². The molecule has 66 valence electrons. The lowest BCUT2D eigenvalue weighted by molar-refractivity contribution is 0.181. The monoisotopic (exact) mass is 155 g/mol. The molecular weight excluding hydrogens is 134 g/mol. The normalized spacial score (nSPS) is 32.7. The predicted octanol–water partition coefficient (Wildman–Crippen LogP) is 2.41. The molecule has 0 saturated heterocycles. The van der Waals surface area contributed by atoms with Gasteiger partial charge in [0.05, 0.1) is 0 Å². The van der Waals surface area contributed by atoms with Gasteiger partial charge in [0.15, 0.2) is 0 Å². The fourth-order valence-electron chi connectivity index (χ4n) is 2.46. The lowest BCUT2D eigenvalue weighted by Gasteiger charge is -2.33. The molecule has 1 rings (SSSR count). The predicted molar refractivity (Wildman–Crippen MR) is 49.3 cm³/mol. The molecule has 11 heavy (non-hydrogen) atoms. The number of rotatable bonds is 2. The SMILES string of the molecule is C[C@H]1CCC[C@H]1C(C)(C)CN. The van der Waals surface area contributed by atoms with E-state index < -0.39 is 0 Å². The van der Waals surface area contributed by atoms with Gasteiger partial charge < -0.3 is 5.73 Å². The van der Waals surface area contributed by atoms with Crippen molar-refractivity contribution in [3.8, 4) is 0 Å². The Morgan fingerprint density at radius 1 is 1.36 bits per heavy atom. The van der Waals surface area contributed by atoms with E-state index in [1.54, 1.807) is 0 Å². The molecule has 0 aliphatic heterocycles. The second-order valence-corrected chi connectivity index (χ2v) is 4.71. The van der Waals surface area contributed by atoms with Crippen LogP contribution in [0.5, 0.6) is 0 Å². The first-order chi connectivity index (χ1) is 5.08. The van der Waals surface area contributed by atoms with Gasteiger partial charge in [0.25, 0.3) is 0 Å². The maximum absolute atomic E-state index is 5.75. The summed E-state index contributed by atoms with van der Waals surface area (Å²) in [5, 5.41) is 0. The molecule has 0 aromatic carbocycles. The van der Waals surface area contributed by atoms with Gasteiger partial charge in [0.1, 0.15) is 0 Å². The van der Waals surface area contributed by atoms with Crippen LogP contribution in [0.3, 0.4) is 0 Å². The summed E-state index contributed by atoms with van der Waals surface area (Å²) in [7, 11) is 0. The van der Waals surface area contributed by atoms with Crippen LogP contribution in [-0.4, -0.2) is 6.54 Å². The summed E-state index contributed by atoms with van der Waals surface area (Å²) in [6, 6.07) is 0. The quantitative estimate of drug-likeness (QED) is 0.651. The lowest BCUT2D eigenvalue weighted by atomic mass is 9.74. The van der Waals surface area contributed by atoms with Crippen LogP contribution >= 0.6 is 0 Å². The van der Waals surface area contributed by atoms with Crippen molar-refractivity contribution in [3.05, 3.63) is 0 Å². The summed E-state index contributed by atoms with van der Waals surface area (Å²) in [4.78, 5) is 0. The molecule has 0 heterocycles. The molecule has 1 saturated carbocycles. The number of hydrogen-bond donors (Lipinski definition) is 1. The van der Waals surface area contributed by atoms with Crippen molar-refractivity contribution in [1.82, 2.24) is 0 Å².